The number of amides is 1. The molecule has 1 heterocycles. The van der Waals surface area contributed by atoms with Gasteiger partial charge in [-0.1, -0.05) is 36.4 Å². The SMILES string of the molecule is Cc1cn(-c2cc(NC(=O)COc3cccc4ccccc34)cc(C(F)(F)F)c2)cn1. The molecule has 0 aliphatic rings. The first-order valence-electron chi connectivity index (χ1n) is 9.43. The summed E-state index contributed by atoms with van der Waals surface area (Å²) in [7, 11) is 0. The lowest BCUT2D eigenvalue weighted by Crippen LogP contribution is -2.21. The first-order valence-corrected chi connectivity index (χ1v) is 9.43. The van der Waals surface area contributed by atoms with Crippen molar-refractivity contribution in [3.8, 4) is 11.4 Å². The van der Waals surface area contributed by atoms with Gasteiger partial charge in [0.25, 0.3) is 5.91 Å². The number of halogens is 3. The first kappa shape index (κ1) is 20.5. The second-order valence-electron chi connectivity index (χ2n) is 7.00. The molecule has 31 heavy (non-hydrogen) atoms. The summed E-state index contributed by atoms with van der Waals surface area (Å²) >= 11 is 0. The summed E-state index contributed by atoms with van der Waals surface area (Å²) in [6.07, 6.45) is -1.55. The van der Waals surface area contributed by atoms with E-state index >= 15 is 0 Å². The van der Waals surface area contributed by atoms with E-state index in [0.717, 1.165) is 22.9 Å². The number of hydrogen-bond acceptors (Lipinski definition) is 3. The quantitative estimate of drug-likeness (QED) is 0.468. The number of nitrogens with zero attached hydrogens (tertiary/aromatic N) is 2. The van der Waals surface area contributed by atoms with Crippen molar-refractivity contribution in [1.29, 1.82) is 0 Å². The Kier molecular flexibility index (Phi) is 5.37. The van der Waals surface area contributed by atoms with Gasteiger partial charge in [-0.2, -0.15) is 13.2 Å². The van der Waals surface area contributed by atoms with Gasteiger partial charge >= 0.3 is 6.18 Å². The molecule has 0 aliphatic carbocycles. The van der Waals surface area contributed by atoms with Gasteiger partial charge in [0.15, 0.2) is 6.61 Å². The Morgan fingerprint density at radius 2 is 1.87 bits per heavy atom. The molecule has 4 aromatic rings. The largest absolute Gasteiger partial charge is 0.483 e. The average Bonchev–Trinajstić information content (AvgIpc) is 3.18. The Balaban J connectivity index is 1.54. The Labute approximate surface area is 176 Å². The van der Waals surface area contributed by atoms with Crippen molar-refractivity contribution in [3.05, 3.63) is 84.4 Å². The number of alkyl halides is 3. The van der Waals surface area contributed by atoms with Crippen LogP contribution in [0.3, 0.4) is 0 Å². The van der Waals surface area contributed by atoms with E-state index in [2.05, 4.69) is 10.3 Å². The predicted molar refractivity (Wildman–Crippen MR) is 111 cm³/mol. The van der Waals surface area contributed by atoms with Crippen molar-refractivity contribution in [2.75, 3.05) is 11.9 Å². The van der Waals surface area contributed by atoms with Gasteiger partial charge < -0.3 is 14.6 Å². The lowest BCUT2D eigenvalue weighted by Gasteiger charge is -2.14. The van der Waals surface area contributed by atoms with Crippen molar-refractivity contribution < 1.29 is 22.7 Å². The number of carbonyl (C=O) groups excluding carboxylic acids is 1. The Morgan fingerprint density at radius 1 is 1.10 bits per heavy atom. The van der Waals surface area contributed by atoms with Gasteiger partial charge in [0.2, 0.25) is 0 Å². The van der Waals surface area contributed by atoms with Crippen molar-refractivity contribution in [1.82, 2.24) is 9.55 Å². The van der Waals surface area contributed by atoms with E-state index < -0.39 is 17.6 Å². The van der Waals surface area contributed by atoms with Crippen LogP contribution in [0.15, 0.2) is 73.2 Å². The molecule has 158 valence electrons. The second-order valence-corrected chi connectivity index (χ2v) is 7.00. The summed E-state index contributed by atoms with van der Waals surface area (Å²) in [5.74, 6) is -0.0492. The van der Waals surface area contributed by atoms with Gasteiger partial charge in [0.05, 0.1) is 17.6 Å². The Morgan fingerprint density at radius 3 is 2.61 bits per heavy atom. The van der Waals surface area contributed by atoms with Gasteiger partial charge in [-0.25, -0.2) is 4.98 Å². The van der Waals surface area contributed by atoms with Crippen LogP contribution in [0.2, 0.25) is 0 Å². The van der Waals surface area contributed by atoms with Gasteiger partial charge in [-0.3, -0.25) is 4.79 Å². The van der Waals surface area contributed by atoms with Crippen LogP contribution < -0.4 is 10.1 Å². The lowest BCUT2D eigenvalue weighted by molar-refractivity contribution is -0.137. The Hall–Kier alpha value is -3.81. The summed E-state index contributed by atoms with van der Waals surface area (Å²) in [5.41, 5.74) is 0.0384. The van der Waals surface area contributed by atoms with E-state index in [4.69, 9.17) is 4.74 Å². The topological polar surface area (TPSA) is 56.2 Å². The standard InChI is InChI=1S/C23H18F3N3O2/c1-15-12-29(14-27-15)19-10-17(23(24,25)26)9-18(11-19)28-22(30)13-31-21-8-4-6-16-5-2-3-7-20(16)21/h2-12,14H,13H2,1H3,(H,28,30). The number of ether oxygens (including phenoxy) is 1. The molecule has 0 saturated heterocycles. The number of aryl methyl sites for hydroxylation is 1. The summed E-state index contributed by atoms with van der Waals surface area (Å²) in [5, 5.41) is 4.29. The fourth-order valence-electron chi connectivity index (χ4n) is 3.22. The normalized spacial score (nSPS) is 11.5. The van der Waals surface area contributed by atoms with Crippen LogP contribution in [0.4, 0.5) is 18.9 Å². The number of anilines is 1. The third-order valence-corrected chi connectivity index (χ3v) is 4.65. The summed E-state index contributed by atoms with van der Waals surface area (Å²) in [6.45, 7) is 1.39. The lowest BCUT2D eigenvalue weighted by atomic mass is 10.1. The molecule has 0 spiro atoms. The number of aromatic nitrogens is 2. The first-order chi connectivity index (χ1) is 14.8. The number of hydrogen-bond donors (Lipinski definition) is 1. The second kappa shape index (κ2) is 8.14. The van der Waals surface area contributed by atoms with Crippen LogP contribution in [-0.4, -0.2) is 22.1 Å². The minimum atomic E-state index is -4.56. The maximum Gasteiger partial charge on any atom is 0.416 e. The maximum absolute atomic E-state index is 13.4. The van der Waals surface area contributed by atoms with Gasteiger partial charge in [0.1, 0.15) is 5.75 Å². The molecule has 5 nitrogen and oxygen atoms in total. The minimum absolute atomic E-state index is 0.0164. The zero-order valence-corrected chi connectivity index (χ0v) is 16.5. The third-order valence-electron chi connectivity index (χ3n) is 4.65. The smallest absolute Gasteiger partial charge is 0.416 e. The molecule has 1 N–H and O–H groups in total. The molecule has 8 heteroatoms. The van der Waals surface area contributed by atoms with Crippen LogP contribution >= 0.6 is 0 Å². The highest BCUT2D eigenvalue weighted by molar-refractivity contribution is 5.93. The molecule has 4 rings (SSSR count). The summed E-state index contributed by atoms with van der Waals surface area (Å²) in [4.78, 5) is 16.4. The van der Waals surface area contributed by atoms with Crippen molar-refractivity contribution in [3.63, 3.8) is 0 Å². The van der Waals surface area contributed by atoms with Crippen LogP contribution in [0, 0.1) is 6.92 Å². The summed E-state index contributed by atoms with van der Waals surface area (Å²) in [6, 6.07) is 16.4. The van der Waals surface area contributed by atoms with Crippen LogP contribution in [-0.2, 0) is 11.0 Å². The van der Waals surface area contributed by atoms with Crippen molar-refractivity contribution in [2.24, 2.45) is 0 Å². The molecule has 0 unspecified atom stereocenters. The molecule has 0 radical (unpaired) electrons. The van der Waals surface area contributed by atoms with E-state index in [9.17, 15) is 18.0 Å². The molecular weight excluding hydrogens is 407 g/mol. The number of rotatable bonds is 5. The molecule has 0 fully saturated rings. The number of nitrogens with one attached hydrogen (secondary N) is 1. The van der Waals surface area contributed by atoms with Gasteiger partial charge in [-0.05, 0) is 36.6 Å². The highest BCUT2D eigenvalue weighted by Gasteiger charge is 2.31. The highest BCUT2D eigenvalue weighted by Crippen LogP contribution is 2.33. The van der Waals surface area contributed by atoms with E-state index in [1.807, 2.05) is 36.4 Å². The van der Waals surface area contributed by atoms with Crippen LogP contribution in [0.1, 0.15) is 11.3 Å². The molecule has 3 aromatic carbocycles. The molecule has 0 aliphatic heterocycles. The fourth-order valence-corrected chi connectivity index (χ4v) is 3.22. The molecule has 1 aromatic heterocycles. The van der Waals surface area contributed by atoms with E-state index in [1.165, 1.54) is 17.0 Å². The predicted octanol–water partition coefficient (Wildman–Crippen LogP) is 5.37. The van der Waals surface area contributed by atoms with E-state index in [1.54, 1.807) is 19.2 Å². The van der Waals surface area contributed by atoms with Gasteiger partial charge in [-0.15, -0.1) is 0 Å². The maximum atomic E-state index is 13.4. The van der Waals surface area contributed by atoms with E-state index in [0.29, 0.717) is 11.4 Å². The van der Waals surface area contributed by atoms with Gasteiger partial charge in [0, 0.05) is 23.0 Å². The zero-order valence-electron chi connectivity index (χ0n) is 16.5. The number of fused-ring (bicyclic) bond motifs is 1. The molecule has 1 amide bonds. The summed E-state index contributed by atoms with van der Waals surface area (Å²) < 4.78 is 47.2. The van der Waals surface area contributed by atoms with Crippen LogP contribution in [0.25, 0.3) is 16.5 Å². The molecule has 0 bridgehead atoms. The number of carbonyl (C=O) groups is 1. The number of benzene rings is 3. The van der Waals surface area contributed by atoms with E-state index in [-0.39, 0.29) is 18.0 Å². The highest BCUT2D eigenvalue weighted by atomic mass is 19.4. The molecular formula is C23H18F3N3O2. The monoisotopic (exact) mass is 425 g/mol. The van der Waals surface area contributed by atoms with Crippen molar-refractivity contribution in [2.45, 2.75) is 13.1 Å². The number of imidazole rings is 1. The minimum Gasteiger partial charge on any atom is -0.483 e. The zero-order chi connectivity index (χ0) is 22.0. The fraction of sp³-hybridized carbons (Fsp3) is 0.130. The third kappa shape index (κ3) is 4.69. The molecule has 0 atom stereocenters. The van der Waals surface area contributed by atoms with Crippen LogP contribution in [0.5, 0.6) is 5.75 Å². The average molecular weight is 425 g/mol. The Bertz CT molecular complexity index is 1240. The van der Waals surface area contributed by atoms with Crippen molar-refractivity contribution >= 4 is 22.4 Å². The molecule has 0 saturated carbocycles.